The molecular weight excluding hydrogens is 530 g/mol. The number of carbonyl (C=O) groups is 3. The molecule has 3 N–H and O–H groups in total. The van der Waals surface area contributed by atoms with Crippen molar-refractivity contribution in [2.45, 2.75) is 84.5 Å². The van der Waals surface area contributed by atoms with E-state index < -0.39 is 41.1 Å². The fourth-order valence-electron chi connectivity index (χ4n) is 4.60. The second-order valence-electron chi connectivity index (χ2n) is 12.1. The maximum Gasteiger partial charge on any atom is 0.408 e. The summed E-state index contributed by atoms with van der Waals surface area (Å²) in [6.07, 6.45) is -0.0107. The number of phenolic OH excluding ortho intramolecular Hbond substituents is 1. The van der Waals surface area contributed by atoms with Gasteiger partial charge in [-0.2, -0.15) is 0 Å². The van der Waals surface area contributed by atoms with Crippen LogP contribution in [0.15, 0.2) is 78.9 Å². The van der Waals surface area contributed by atoms with E-state index in [1.165, 1.54) is 12.1 Å². The summed E-state index contributed by atoms with van der Waals surface area (Å²) in [6.45, 7) is 12.9. The Kier molecular flexibility index (Phi) is 10.4. The maximum absolute atomic E-state index is 14.7. The van der Waals surface area contributed by atoms with E-state index >= 15 is 0 Å². The predicted molar refractivity (Wildman–Crippen MR) is 165 cm³/mol. The van der Waals surface area contributed by atoms with Gasteiger partial charge in [0.25, 0.3) is 5.91 Å². The number of anilines is 1. The molecule has 0 saturated heterocycles. The first-order chi connectivity index (χ1) is 19.7. The van der Waals surface area contributed by atoms with Crippen LogP contribution in [0.1, 0.15) is 70.7 Å². The maximum atomic E-state index is 14.7. The summed E-state index contributed by atoms with van der Waals surface area (Å²) in [7, 11) is 0. The number of nitrogens with one attached hydrogen (secondary N) is 2. The average molecular weight is 574 g/mol. The molecule has 0 saturated carbocycles. The van der Waals surface area contributed by atoms with Crippen molar-refractivity contribution >= 4 is 23.6 Å². The summed E-state index contributed by atoms with van der Waals surface area (Å²) < 4.78 is 5.52. The minimum Gasteiger partial charge on any atom is -0.508 e. The normalized spacial score (nSPS) is 13.0. The number of para-hydroxylation sites is 1. The van der Waals surface area contributed by atoms with E-state index in [4.69, 9.17) is 4.74 Å². The molecular formula is C34H43N3O5. The van der Waals surface area contributed by atoms with E-state index in [2.05, 4.69) is 10.6 Å². The Bertz CT molecular complexity index is 1360. The highest BCUT2D eigenvalue weighted by Gasteiger charge is 2.43. The lowest BCUT2D eigenvalue weighted by Gasteiger charge is -2.44. The van der Waals surface area contributed by atoms with Gasteiger partial charge in [0, 0.05) is 17.6 Å². The fourth-order valence-corrected chi connectivity index (χ4v) is 4.60. The van der Waals surface area contributed by atoms with Crippen molar-refractivity contribution in [1.29, 1.82) is 0 Å². The van der Waals surface area contributed by atoms with Gasteiger partial charge in [-0.15, -0.1) is 0 Å². The molecule has 0 aliphatic carbocycles. The zero-order valence-electron chi connectivity index (χ0n) is 25.6. The Morgan fingerprint density at radius 2 is 1.48 bits per heavy atom. The van der Waals surface area contributed by atoms with Gasteiger partial charge >= 0.3 is 6.09 Å². The summed E-state index contributed by atoms with van der Waals surface area (Å²) >= 11 is 0. The lowest BCUT2D eigenvalue weighted by Crippen LogP contribution is -2.59. The van der Waals surface area contributed by atoms with Crippen molar-refractivity contribution in [2.24, 2.45) is 0 Å². The molecule has 224 valence electrons. The van der Waals surface area contributed by atoms with Crippen LogP contribution >= 0.6 is 0 Å². The number of alkyl carbamates (subject to hydrolysis) is 1. The van der Waals surface area contributed by atoms with E-state index in [-0.39, 0.29) is 12.2 Å². The van der Waals surface area contributed by atoms with Crippen molar-refractivity contribution in [3.8, 4) is 5.75 Å². The van der Waals surface area contributed by atoms with E-state index in [0.29, 0.717) is 17.7 Å². The highest BCUT2D eigenvalue weighted by Crippen LogP contribution is 2.34. The minimum absolute atomic E-state index is 0.0398. The van der Waals surface area contributed by atoms with Gasteiger partial charge in [0.05, 0.1) is 0 Å². The number of nitrogens with zero attached hydrogens (tertiary/aromatic N) is 1. The molecule has 2 unspecified atom stereocenters. The summed E-state index contributed by atoms with van der Waals surface area (Å²) in [4.78, 5) is 43.4. The third-order valence-corrected chi connectivity index (χ3v) is 7.14. The SMILES string of the molecule is CCC(C)(C)N(C(=O)C(Cc1ccccc1)NC(=O)OC(C)(C)C)C(C(=O)Nc1ccccc1C)c1ccc(O)cc1. The molecule has 8 heteroatoms. The molecule has 0 heterocycles. The Hall–Kier alpha value is -4.33. The standard InChI is InChI=1S/C34H43N3O5/c1-8-34(6,7)37(31(40)28(22-24-15-10-9-11-16-24)36-32(41)42-33(3,4)5)29(25-18-20-26(38)21-19-25)30(39)35-27-17-13-12-14-23(27)2/h9-21,28-29,38H,8,22H2,1-7H3,(H,35,39)(H,36,41). The van der Waals surface area contributed by atoms with Crippen LogP contribution < -0.4 is 10.6 Å². The smallest absolute Gasteiger partial charge is 0.408 e. The summed E-state index contributed by atoms with van der Waals surface area (Å²) in [5.41, 5.74) is 1.27. The third-order valence-electron chi connectivity index (χ3n) is 7.14. The first-order valence-corrected chi connectivity index (χ1v) is 14.2. The van der Waals surface area contributed by atoms with Gasteiger partial charge in [-0.3, -0.25) is 9.59 Å². The molecule has 0 aromatic heterocycles. The molecule has 0 radical (unpaired) electrons. The average Bonchev–Trinajstić information content (AvgIpc) is 2.92. The Morgan fingerprint density at radius 3 is 2.05 bits per heavy atom. The fraction of sp³-hybridized carbons (Fsp3) is 0.382. The zero-order valence-corrected chi connectivity index (χ0v) is 25.6. The van der Waals surface area contributed by atoms with Crippen molar-refractivity contribution in [1.82, 2.24) is 10.2 Å². The van der Waals surface area contributed by atoms with Gasteiger partial charge in [0.15, 0.2) is 0 Å². The molecule has 0 aliphatic rings. The van der Waals surface area contributed by atoms with Crippen molar-refractivity contribution in [2.75, 3.05) is 5.32 Å². The van der Waals surface area contributed by atoms with E-state index in [9.17, 15) is 19.5 Å². The first-order valence-electron chi connectivity index (χ1n) is 14.2. The Balaban J connectivity index is 2.13. The lowest BCUT2D eigenvalue weighted by atomic mass is 9.91. The number of hydrogen-bond donors (Lipinski definition) is 3. The number of benzene rings is 3. The molecule has 3 rings (SSSR count). The largest absolute Gasteiger partial charge is 0.508 e. The van der Waals surface area contributed by atoms with E-state index in [1.54, 1.807) is 43.9 Å². The monoisotopic (exact) mass is 573 g/mol. The third kappa shape index (κ3) is 8.59. The molecule has 42 heavy (non-hydrogen) atoms. The second kappa shape index (κ2) is 13.6. The van der Waals surface area contributed by atoms with Gasteiger partial charge in [-0.1, -0.05) is 67.6 Å². The lowest BCUT2D eigenvalue weighted by molar-refractivity contribution is -0.147. The molecule has 3 amide bonds. The van der Waals surface area contributed by atoms with Crippen molar-refractivity contribution in [3.05, 3.63) is 95.6 Å². The van der Waals surface area contributed by atoms with Gasteiger partial charge < -0.3 is 25.4 Å². The van der Waals surface area contributed by atoms with Crippen LogP contribution in [0.25, 0.3) is 0 Å². The number of carbonyl (C=O) groups excluding carboxylic acids is 3. The molecule has 2 atom stereocenters. The Morgan fingerprint density at radius 1 is 0.881 bits per heavy atom. The quantitative estimate of drug-likeness (QED) is 0.255. The van der Waals surface area contributed by atoms with Crippen LogP contribution in [0.3, 0.4) is 0 Å². The highest BCUT2D eigenvalue weighted by molar-refractivity contribution is 5.99. The van der Waals surface area contributed by atoms with Crippen LogP contribution in [-0.2, 0) is 20.7 Å². The van der Waals surface area contributed by atoms with Crippen LogP contribution in [0.2, 0.25) is 0 Å². The van der Waals surface area contributed by atoms with Crippen LogP contribution in [0.4, 0.5) is 10.5 Å². The number of rotatable bonds is 10. The summed E-state index contributed by atoms with van der Waals surface area (Å²) in [5, 5.41) is 15.8. The molecule has 3 aromatic carbocycles. The topological polar surface area (TPSA) is 108 Å². The second-order valence-corrected chi connectivity index (χ2v) is 12.1. The number of aromatic hydroxyl groups is 1. The molecule has 0 bridgehead atoms. The van der Waals surface area contributed by atoms with Crippen LogP contribution in [0, 0.1) is 6.92 Å². The number of amides is 3. The molecule has 8 nitrogen and oxygen atoms in total. The first kappa shape index (κ1) is 32.2. The highest BCUT2D eigenvalue weighted by atomic mass is 16.6. The van der Waals surface area contributed by atoms with Gasteiger partial charge in [-0.05, 0) is 82.9 Å². The predicted octanol–water partition coefficient (Wildman–Crippen LogP) is 6.53. The number of hydrogen-bond acceptors (Lipinski definition) is 5. The number of aryl methyl sites for hydroxylation is 1. The summed E-state index contributed by atoms with van der Waals surface area (Å²) in [5.74, 6) is -0.812. The minimum atomic E-state index is -1.08. The molecule has 3 aromatic rings. The van der Waals surface area contributed by atoms with Gasteiger partial charge in [0.1, 0.15) is 23.4 Å². The van der Waals surface area contributed by atoms with Crippen molar-refractivity contribution in [3.63, 3.8) is 0 Å². The molecule has 0 spiro atoms. The van der Waals surface area contributed by atoms with Gasteiger partial charge in [-0.25, -0.2) is 4.79 Å². The van der Waals surface area contributed by atoms with Gasteiger partial charge in [0.2, 0.25) is 5.91 Å². The molecule has 0 fully saturated rings. The zero-order chi connectivity index (χ0) is 31.1. The summed E-state index contributed by atoms with van der Waals surface area (Å²) in [6, 6.07) is 20.9. The number of ether oxygens (including phenoxy) is 1. The van der Waals surface area contributed by atoms with Crippen LogP contribution in [-0.4, -0.2) is 45.1 Å². The van der Waals surface area contributed by atoms with E-state index in [1.807, 2.05) is 76.2 Å². The molecule has 0 aliphatic heterocycles. The van der Waals surface area contributed by atoms with E-state index in [0.717, 1.165) is 11.1 Å². The Labute approximate surface area is 249 Å². The number of phenols is 1. The van der Waals surface area contributed by atoms with Crippen LogP contribution in [0.5, 0.6) is 5.75 Å². The van der Waals surface area contributed by atoms with Crippen molar-refractivity contribution < 1.29 is 24.2 Å².